The lowest BCUT2D eigenvalue weighted by Crippen LogP contribution is -2.50. The zero-order chi connectivity index (χ0) is 22.9. The van der Waals surface area contributed by atoms with Crippen molar-refractivity contribution in [3.05, 3.63) is 23.8 Å². The van der Waals surface area contributed by atoms with Crippen LogP contribution in [0.3, 0.4) is 0 Å². The molecule has 0 fully saturated rings. The van der Waals surface area contributed by atoms with Crippen molar-refractivity contribution in [2.45, 2.75) is 84.0 Å². The maximum absolute atomic E-state index is 12.6. The molecule has 0 heterocycles. The second-order valence-corrected chi connectivity index (χ2v) is 7.93. The van der Waals surface area contributed by atoms with Crippen molar-refractivity contribution < 1.29 is 19.8 Å². The average Bonchev–Trinajstić information content (AvgIpc) is 2.75. The van der Waals surface area contributed by atoms with Crippen molar-refractivity contribution in [3.63, 3.8) is 0 Å². The number of unbranched alkanes of at least 4 members (excludes halogenated alkanes) is 11. The number of imide groups is 1. The second-order valence-electron chi connectivity index (χ2n) is 7.93. The van der Waals surface area contributed by atoms with Crippen LogP contribution in [-0.4, -0.2) is 40.3 Å². The van der Waals surface area contributed by atoms with E-state index in [0.29, 0.717) is 6.54 Å². The number of carbonyl (C=O) groups excluding carboxylic acids is 2. The summed E-state index contributed by atoms with van der Waals surface area (Å²) in [5, 5.41) is 22.3. The summed E-state index contributed by atoms with van der Waals surface area (Å²) in [5.74, 6) is 3.90. The number of phenolic OH excluding ortho intramolecular Hbond substituents is 2. The standard InChI is InChI=1S/C23H40N4O4/c1-2-3-4-5-6-7-8-9-10-11-12-13-16-25-18-27(23(31)26-24)22(30)20-15-14-19(28)17-21(20)29/h14-15,17,25,28-29H,2-13,16,18,24H2,1H3,(H,26,31). The van der Waals surface area contributed by atoms with Crippen LogP contribution in [0.4, 0.5) is 4.79 Å². The third-order valence-electron chi connectivity index (χ3n) is 5.30. The summed E-state index contributed by atoms with van der Waals surface area (Å²) in [6.45, 7) is 2.88. The van der Waals surface area contributed by atoms with Crippen LogP contribution in [0.1, 0.15) is 94.3 Å². The summed E-state index contributed by atoms with van der Waals surface area (Å²) in [6, 6.07) is 2.80. The van der Waals surface area contributed by atoms with Gasteiger partial charge in [-0.05, 0) is 25.1 Å². The Morgan fingerprint density at radius 1 is 0.903 bits per heavy atom. The first-order valence-corrected chi connectivity index (χ1v) is 11.6. The molecule has 0 aromatic heterocycles. The number of aromatic hydroxyl groups is 2. The minimum Gasteiger partial charge on any atom is -0.508 e. The number of urea groups is 1. The molecule has 176 valence electrons. The molecule has 1 aromatic carbocycles. The fraction of sp³-hybridized carbons (Fsp3) is 0.652. The molecule has 0 atom stereocenters. The molecule has 0 aliphatic rings. The number of hydrogen-bond donors (Lipinski definition) is 5. The fourth-order valence-corrected chi connectivity index (χ4v) is 3.44. The van der Waals surface area contributed by atoms with E-state index in [2.05, 4.69) is 12.2 Å². The van der Waals surface area contributed by atoms with Gasteiger partial charge in [-0.3, -0.25) is 15.5 Å². The third kappa shape index (κ3) is 11.0. The van der Waals surface area contributed by atoms with Gasteiger partial charge in [-0.25, -0.2) is 15.5 Å². The molecule has 1 rings (SSSR count). The number of nitrogens with two attached hydrogens (primary N) is 1. The van der Waals surface area contributed by atoms with Crippen molar-refractivity contribution in [1.29, 1.82) is 0 Å². The van der Waals surface area contributed by atoms with E-state index < -0.39 is 17.7 Å². The minimum absolute atomic E-state index is 0.0276. The van der Waals surface area contributed by atoms with E-state index in [1.807, 2.05) is 5.43 Å². The highest BCUT2D eigenvalue weighted by atomic mass is 16.3. The monoisotopic (exact) mass is 436 g/mol. The summed E-state index contributed by atoms with van der Waals surface area (Å²) in [6.07, 6.45) is 15.2. The lowest BCUT2D eigenvalue weighted by molar-refractivity contribution is 0.0787. The van der Waals surface area contributed by atoms with Gasteiger partial charge < -0.3 is 10.2 Å². The highest BCUT2D eigenvalue weighted by Gasteiger charge is 2.24. The number of rotatable bonds is 16. The van der Waals surface area contributed by atoms with E-state index >= 15 is 0 Å². The van der Waals surface area contributed by atoms with Gasteiger partial charge in [0.05, 0.1) is 12.2 Å². The molecule has 0 radical (unpaired) electrons. The van der Waals surface area contributed by atoms with E-state index in [1.54, 1.807) is 0 Å². The Hall–Kier alpha value is -2.32. The molecule has 0 aliphatic carbocycles. The number of hydrogen-bond acceptors (Lipinski definition) is 6. The number of phenols is 2. The molecular weight excluding hydrogens is 396 g/mol. The maximum Gasteiger partial charge on any atom is 0.339 e. The van der Waals surface area contributed by atoms with Gasteiger partial charge in [0.25, 0.3) is 5.91 Å². The van der Waals surface area contributed by atoms with Crippen LogP contribution >= 0.6 is 0 Å². The van der Waals surface area contributed by atoms with Crippen molar-refractivity contribution >= 4 is 11.9 Å². The first-order chi connectivity index (χ1) is 15.0. The van der Waals surface area contributed by atoms with Crippen LogP contribution in [0.15, 0.2) is 18.2 Å². The molecule has 8 heteroatoms. The SMILES string of the molecule is CCCCCCCCCCCCCCNCN(C(=O)NN)C(=O)c1ccc(O)cc1O. The Labute approximate surface area is 186 Å². The number of carbonyl (C=O) groups is 2. The molecule has 0 saturated heterocycles. The average molecular weight is 437 g/mol. The Morgan fingerprint density at radius 2 is 1.45 bits per heavy atom. The maximum atomic E-state index is 12.6. The van der Waals surface area contributed by atoms with Gasteiger partial charge in [-0.2, -0.15) is 0 Å². The van der Waals surface area contributed by atoms with Crippen LogP contribution < -0.4 is 16.6 Å². The van der Waals surface area contributed by atoms with E-state index in [0.717, 1.165) is 23.8 Å². The zero-order valence-corrected chi connectivity index (χ0v) is 18.9. The van der Waals surface area contributed by atoms with Crippen molar-refractivity contribution in [2.24, 2.45) is 5.84 Å². The lowest BCUT2D eigenvalue weighted by Gasteiger charge is -2.21. The first-order valence-electron chi connectivity index (χ1n) is 11.6. The number of amides is 3. The predicted octanol–water partition coefficient (Wildman–Crippen LogP) is 4.37. The van der Waals surface area contributed by atoms with Gasteiger partial charge in [0, 0.05) is 6.07 Å². The second kappa shape index (κ2) is 16.4. The normalized spacial score (nSPS) is 10.8. The van der Waals surface area contributed by atoms with Gasteiger partial charge in [0.2, 0.25) is 0 Å². The Kier molecular flexibility index (Phi) is 14.1. The van der Waals surface area contributed by atoms with Gasteiger partial charge >= 0.3 is 6.03 Å². The molecule has 3 amide bonds. The smallest absolute Gasteiger partial charge is 0.339 e. The van der Waals surface area contributed by atoms with Crippen LogP contribution in [0.25, 0.3) is 0 Å². The number of hydrazine groups is 1. The molecule has 0 spiro atoms. The summed E-state index contributed by atoms with van der Waals surface area (Å²) < 4.78 is 0. The summed E-state index contributed by atoms with van der Waals surface area (Å²) in [7, 11) is 0. The van der Waals surface area contributed by atoms with E-state index in [4.69, 9.17) is 5.84 Å². The Bertz CT molecular complexity index is 654. The molecule has 1 aromatic rings. The minimum atomic E-state index is -0.778. The highest BCUT2D eigenvalue weighted by molar-refractivity contribution is 6.05. The molecule has 0 unspecified atom stereocenters. The van der Waals surface area contributed by atoms with Crippen molar-refractivity contribution in [2.75, 3.05) is 13.2 Å². The number of nitrogens with zero attached hydrogens (tertiary/aromatic N) is 1. The van der Waals surface area contributed by atoms with Crippen LogP contribution in [-0.2, 0) is 0 Å². The fourth-order valence-electron chi connectivity index (χ4n) is 3.44. The molecule has 31 heavy (non-hydrogen) atoms. The van der Waals surface area contributed by atoms with Crippen LogP contribution in [0.5, 0.6) is 11.5 Å². The van der Waals surface area contributed by atoms with Crippen LogP contribution in [0, 0.1) is 0 Å². The van der Waals surface area contributed by atoms with Gasteiger partial charge in [0.15, 0.2) is 0 Å². The summed E-state index contributed by atoms with van der Waals surface area (Å²) in [5.41, 5.74) is 1.85. The van der Waals surface area contributed by atoms with E-state index in [-0.39, 0.29) is 18.0 Å². The third-order valence-corrected chi connectivity index (χ3v) is 5.30. The Morgan fingerprint density at radius 3 is 1.97 bits per heavy atom. The summed E-state index contributed by atoms with van der Waals surface area (Å²) >= 11 is 0. The van der Waals surface area contributed by atoms with Gasteiger partial charge in [0.1, 0.15) is 11.5 Å². The predicted molar refractivity (Wildman–Crippen MR) is 123 cm³/mol. The Balaban J connectivity index is 2.20. The number of benzene rings is 1. The zero-order valence-electron chi connectivity index (χ0n) is 18.9. The molecule has 0 aliphatic heterocycles. The highest BCUT2D eigenvalue weighted by Crippen LogP contribution is 2.23. The first kappa shape index (κ1) is 26.7. The van der Waals surface area contributed by atoms with Crippen molar-refractivity contribution in [1.82, 2.24) is 15.6 Å². The van der Waals surface area contributed by atoms with Gasteiger partial charge in [-0.1, -0.05) is 77.6 Å². The van der Waals surface area contributed by atoms with E-state index in [1.165, 1.54) is 76.3 Å². The quantitative estimate of drug-likeness (QED) is 0.0860. The van der Waals surface area contributed by atoms with Crippen LogP contribution in [0.2, 0.25) is 0 Å². The molecule has 6 N–H and O–H groups in total. The molecular formula is C23H40N4O4. The molecule has 0 saturated carbocycles. The lowest BCUT2D eigenvalue weighted by atomic mass is 10.1. The largest absolute Gasteiger partial charge is 0.508 e. The van der Waals surface area contributed by atoms with Crippen molar-refractivity contribution in [3.8, 4) is 11.5 Å². The topological polar surface area (TPSA) is 128 Å². The van der Waals surface area contributed by atoms with Gasteiger partial charge in [-0.15, -0.1) is 0 Å². The van der Waals surface area contributed by atoms with E-state index in [9.17, 15) is 19.8 Å². The number of nitrogens with one attached hydrogen (secondary N) is 2. The summed E-state index contributed by atoms with van der Waals surface area (Å²) in [4.78, 5) is 25.4. The molecule has 0 bridgehead atoms. The molecule has 8 nitrogen and oxygen atoms in total.